The average molecular weight is 456 g/mol. The molecule has 0 atom stereocenters. The molecular formula is C18H25IN4S. The SMILES string of the molecule is Cc1nc(-c2ccccc2)sc1CN=C(N)N1CCCCCC1.I. The van der Waals surface area contributed by atoms with E-state index in [0.29, 0.717) is 12.5 Å². The first-order chi connectivity index (χ1) is 11.2. The van der Waals surface area contributed by atoms with Crippen LogP contribution in [0.5, 0.6) is 0 Å². The minimum absolute atomic E-state index is 0. The van der Waals surface area contributed by atoms with E-state index < -0.39 is 0 Å². The molecule has 1 aliphatic heterocycles. The molecule has 2 N–H and O–H groups in total. The average Bonchev–Trinajstić information content (AvgIpc) is 2.78. The molecule has 3 rings (SSSR count). The summed E-state index contributed by atoms with van der Waals surface area (Å²) in [4.78, 5) is 12.7. The van der Waals surface area contributed by atoms with Gasteiger partial charge in [0.1, 0.15) is 5.01 Å². The van der Waals surface area contributed by atoms with E-state index in [-0.39, 0.29) is 24.0 Å². The first-order valence-corrected chi connectivity index (χ1v) is 9.12. The van der Waals surface area contributed by atoms with E-state index in [1.165, 1.54) is 30.6 Å². The van der Waals surface area contributed by atoms with Gasteiger partial charge in [0.25, 0.3) is 0 Å². The van der Waals surface area contributed by atoms with Crippen LogP contribution in [0, 0.1) is 6.92 Å². The molecule has 0 unspecified atom stereocenters. The lowest BCUT2D eigenvalue weighted by Gasteiger charge is -2.20. The van der Waals surface area contributed by atoms with Crippen LogP contribution >= 0.6 is 35.3 Å². The van der Waals surface area contributed by atoms with Crippen LogP contribution < -0.4 is 5.73 Å². The largest absolute Gasteiger partial charge is 0.370 e. The molecule has 0 amide bonds. The number of hydrogen-bond acceptors (Lipinski definition) is 3. The summed E-state index contributed by atoms with van der Waals surface area (Å²) in [5.74, 6) is 0.681. The van der Waals surface area contributed by atoms with Gasteiger partial charge in [-0.15, -0.1) is 35.3 Å². The quantitative estimate of drug-likeness (QED) is 0.423. The third-order valence-electron chi connectivity index (χ3n) is 4.23. The number of hydrogen-bond donors (Lipinski definition) is 1. The monoisotopic (exact) mass is 456 g/mol. The number of aliphatic imine (C=N–C) groups is 1. The smallest absolute Gasteiger partial charge is 0.191 e. The van der Waals surface area contributed by atoms with Crippen molar-refractivity contribution in [1.82, 2.24) is 9.88 Å². The van der Waals surface area contributed by atoms with Gasteiger partial charge >= 0.3 is 0 Å². The number of nitrogens with two attached hydrogens (primary N) is 1. The van der Waals surface area contributed by atoms with Crippen molar-refractivity contribution in [2.24, 2.45) is 10.7 Å². The minimum atomic E-state index is 0. The molecule has 0 radical (unpaired) electrons. The fourth-order valence-electron chi connectivity index (χ4n) is 2.83. The van der Waals surface area contributed by atoms with Gasteiger partial charge in [0.2, 0.25) is 0 Å². The lowest BCUT2D eigenvalue weighted by Crippen LogP contribution is -2.38. The van der Waals surface area contributed by atoms with Gasteiger partial charge in [-0.1, -0.05) is 43.2 Å². The number of likely N-dealkylation sites (tertiary alicyclic amines) is 1. The third kappa shape index (κ3) is 4.92. The summed E-state index contributed by atoms with van der Waals surface area (Å²) in [5, 5.41) is 1.06. The van der Waals surface area contributed by atoms with Crippen molar-refractivity contribution in [3.8, 4) is 10.6 Å². The molecule has 1 fully saturated rings. The highest BCUT2D eigenvalue weighted by Crippen LogP contribution is 2.28. The molecule has 2 heterocycles. The summed E-state index contributed by atoms with van der Waals surface area (Å²) in [6, 6.07) is 10.3. The molecule has 24 heavy (non-hydrogen) atoms. The molecule has 2 aromatic rings. The van der Waals surface area contributed by atoms with Gasteiger partial charge in [0.15, 0.2) is 5.96 Å². The van der Waals surface area contributed by atoms with E-state index >= 15 is 0 Å². The van der Waals surface area contributed by atoms with E-state index in [2.05, 4.69) is 33.9 Å². The zero-order valence-electron chi connectivity index (χ0n) is 14.1. The first-order valence-electron chi connectivity index (χ1n) is 8.30. The Hall–Kier alpha value is -1.15. The second-order valence-electron chi connectivity index (χ2n) is 5.97. The van der Waals surface area contributed by atoms with Crippen molar-refractivity contribution in [1.29, 1.82) is 0 Å². The number of rotatable bonds is 3. The maximum Gasteiger partial charge on any atom is 0.191 e. The fourth-order valence-corrected chi connectivity index (χ4v) is 3.82. The number of benzene rings is 1. The number of nitrogens with zero attached hydrogens (tertiary/aromatic N) is 3. The van der Waals surface area contributed by atoms with Gasteiger partial charge in [-0.3, -0.25) is 0 Å². The normalized spacial score (nSPS) is 15.7. The lowest BCUT2D eigenvalue weighted by molar-refractivity contribution is 0.428. The van der Waals surface area contributed by atoms with Crippen LogP contribution in [0.25, 0.3) is 10.6 Å². The van der Waals surface area contributed by atoms with Gasteiger partial charge in [0, 0.05) is 23.5 Å². The van der Waals surface area contributed by atoms with E-state index in [1.54, 1.807) is 11.3 Å². The Morgan fingerprint density at radius 1 is 1.17 bits per heavy atom. The second kappa shape index (κ2) is 9.36. The Kier molecular flexibility index (Phi) is 7.48. The minimum Gasteiger partial charge on any atom is -0.370 e. The van der Waals surface area contributed by atoms with Crippen molar-refractivity contribution in [2.45, 2.75) is 39.2 Å². The molecule has 1 aromatic carbocycles. The van der Waals surface area contributed by atoms with Gasteiger partial charge in [-0.2, -0.15) is 0 Å². The summed E-state index contributed by atoms with van der Waals surface area (Å²) in [5.41, 5.74) is 8.41. The molecule has 0 spiro atoms. The molecule has 1 aromatic heterocycles. The van der Waals surface area contributed by atoms with Crippen LogP contribution in [0.4, 0.5) is 0 Å². The van der Waals surface area contributed by atoms with Crippen molar-refractivity contribution >= 4 is 41.3 Å². The van der Waals surface area contributed by atoms with Crippen molar-refractivity contribution in [3.05, 3.63) is 40.9 Å². The van der Waals surface area contributed by atoms with Crippen molar-refractivity contribution in [3.63, 3.8) is 0 Å². The molecule has 130 valence electrons. The number of halogens is 1. The predicted octanol–water partition coefficient (Wildman–Crippen LogP) is 4.43. The predicted molar refractivity (Wildman–Crippen MR) is 113 cm³/mol. The topological polar surface area (TPSA) is 54.5 Å². The van der Waals surface area contributed by atoms with E-state index in [0.717, 1.165) is 29.4 Å². The van der Waals surface area contributed by atoms with Gasteiger partial charge in [0.05, 0.1) is 12.2 Å². The number of aromatic nitrogens is 1. The number of aryl methyl sites for hydroxylation is 1. The summed E-state index contributed by atoms with van der Waals surface area (Å²) >= 11 is 1.71. The molecule has 4 nitrogen and oxygen atoms in total. The highest BCUT2D eigenvalue weighted by atomic mass is 127. The third-order valence-corrected chi connectivity index (χ3v) is 5.42. The molecule has 0 aliphatic carbocycles. The van der Waals surface area contributed by atoms with Crippen LogP contribution in [-0.4, -0.2) is 28.9 Å². The van der Waals surface area contributed by atoms with Crippen molar-refractivity contribution in [2.75, 3.05) is 13.1 Å². The van der Waals surface area contributed by atoms with Gasteiger partial charge < -0.3 is 10.6 Å². The molecule has 0 bridgehead atoms. The Balaban J connectivity index is 0.00000208. The highest BCUT2D eigenvalue weighted by molar-refractivity contribution is 14.0. The molecule has 6 heteroatoms. The summed E-state index contributed by atoms with van der Waals surface area (Å²) in [7, 11) is 0. The van der Waals surface area contributed by atoms with Crippen molar-refractivity contribution < 1.29 is 0 Å². The zero-order valence-corrected chi connectivity index (χ0v) is 17.2. The summed E-state index contributed by atoms with van der Waals surface area (Å²) in [6.07, 6.45) is 5.04. The number of guanidine groups is 1. The van der Waals surface area contributed by atoms with Crippen LogP contribution in [0.15, 0.2) is 35.3 Å². The van der Waals surface area contributed by atoms with Gasteiger partial charge in [-0.05, 0) is 19.8 Å². The van der Waals surface area contributed by atoms with Gasteiger partial charge in [-0.25, -0.2) is 9.98 Å². The number of thiazole rings is 1. The Morgan fingerprint density at radius 2 is 1.83 bits per heavy atom. The molecular weight excluding hydrogens is 431 g/mol. The molecule has 0 saturated carbocycles. The summed E-state index contributed by atoms with van der Waals surface area (Å²) in [6.45, 7) is 4.74. The van der Waals surface area contributed by atoms with Crippen LogP contribution in [0.2, 0.25) is 0 Å². The Morgan fingerprint density at radius 3 is 2.50 bits per heavy atom. The maximum atomic E-state index is 6.19. The summed E-state index contributed by atoms with van der Waals surface area (Å²) < 4.78 is 0. The van der Waals surface area contributed by atoms with Crippen LogP contribution in [-0.2, 0) is 6.54 Å². The van der Waals surface area contributed by atoms with Crippen LogP contribution in [0.1, 0.15) is 36.3 Å². The van der Waals surface area contributed by atoms with E-state index in [1.807, 2.05) is 18.2 Å². The standard InChI is InChI=1S/C18H24N4S.HI/c1-14-16(23-17(21-14)15-9-5-4-6-10-15)13-20-18(19)22-11-7-2-3-8-12-22;/h4-6,9-10H,2-3,7-8,11-13H2,1H3,(H2,19,20);1H. The molecule has 1 aliphatic rings. The Labute approximate surface area is 165 Å². The van der Waals surface area contributed by atoms with E-state index in [4.69, 9.17) is 5.73 Å². The zero-order chi connectivity index (χ0) is 16.1. The highest BCUT2D eigenvalue weighted by Gasteiger charge is 2.12. The second-order valence-corrected chi connectivity index (χ2v) is 7.05. The first kappa shape index (κ1) is 19.2. The Bertz CT molecular complexity index is 661. The molecule has 1 saturated heterocycles. The van der Waals surface area contributed by atoms with Crippen LogP contribution in [0.3, 0.4) is 0 Å². The fraction of sp³-hybridized carbons (Fsp3) is 0.444. The van der Waals surface area contributed by atoms with E-state index in [9.17, 15) is 0 Å². The maximum absolute atomic E-state index is 6.19. The lowest BCUT2D eigenvalue weighted by atomic mass is 10.2.